The summed E-state index contributed by atoms with van der Waals surface area (Å²) in [5.74, 6) is -4.86. The molecule has 1 aromatic rings. The van der Waals surface area contributed by atoms with Gasteiger partial charge in [-0.2, -0.15) is 0 Å². The van der Waals surface area contributed by atoms with Gasteiger partial charge in [0.15, 0.2) is 23.4 Å². The number of carbonyl (C=O) groups is 2. The van der Waals surface area contributed by atoms with E-state index < -0.39 is 40.7 Å². The predicted molar refractivity (Wildman–Crippen MR) is 123 cm³/mol. The fourth-order valence-electron chi connectivity index (χ4n) is 2.10. The fraction of sp³-hybridized carbons (Fsp3) is 0.526. The molecule has 0 saturated carbocycles. The highest BCUT2D eigenvalue weighted by Crippen LogP contribution is 2.19. The zero-order chi connectivity index (χ0) is 22.7. The van der Waals surface area contributed by atoms with Crippen molar-refractivity contribution in [2.24, 2.45) is 4.99 Å². The predicted octanol–water partition coefficient (Wildman–Crippen LogP) is 3.13. The van der Waals surface area contributed by atoms with Crippen LogP contribution in [0.3, 0.4) is 0 Å². The molecule has 0 saturated heterocycles. The van der Waals surface area contributed by atoms with Crippen LogP contribution in [0.15, 0.2) is 17.1 Å². The van der Waals surface area contributed by atoms with Gasteiger partial charge in [0.2, 0.25) is 5.91 Å². The molecule has 1 aromatic carbocycles. The van der Waals surface area contributed by atoms with Gasteiger partial charge in [0.1, 0.15) is 12.1 Å². The molecule has 1 rings (SSSR count). The van der Waals surface area contributed by atoms with E-state index in [2.05, 4.69) is 26.3 Å². The number of alkyl carbamates (subject to hydrolysis) is 1. The van der Waals surface area contributed by atoms with E-state index in [1.165, 1.54) is 0 Å². The molecule has 176 valence electrons. The molecular formula is C19H29F3IN5O3. The van der Waals surface area contributed by atoms with Crippen LogP contribution in [0, 0.1) is 17.5 Å². The van der Waals surface area contributed by atoms with Crippen molar-refractivity contribution in [3.8, 4) is 0 Å². The minimum Gasteiger partial charge on any atom is -0.444 e. The second-order valence-electron chi connectivity index (χ2n) is 7.18. The topological polar surface area (TPSA) is 104 Å². The SMILES string of the molecule is CCNC(=NCC(=O)Nc1ccc(F)c(F)c1F)NCCCNC(=O)OC(C)(C)C.I. The highest BCUT2D eigenvalue weighted by Gasteiger charge is 2.16. The molecule has 12 heteroatoms. The van der Waals surface area contributed by atoms with Crippen molar-refractivity contribution in [2.75, 3.05) is 31.5 Å². The van der Waals surface area contributed by atoms with E-state index in [0.717, 1.165) is 6.07 Å². The standard InChI is InChI=1S/C19H28F3N5O3.HI/c1-5-23-17(24-9-6-10-25-18(29)30-19(2,3)4)26-11-14(28)27-13-8-7-12(20)15(21)16(13)22;/h7-8H,5-6,9-11H2,1-4H3,(H,25,29)(H,27,28)(H2,23,24,26);1H. The van der Waals surface area contributed by atoms with Gasteiger partial charge in [0.05, 0.1) is 5.69 Å². The summed E-state index contributed by atoms with van der Waals surface area (Å²) in [6, 6.07) is 1.64. The van der Waals surface area contributed by atoms with E-state index in [-0.39, 0.29) is 30.5 Å². The number of hydrogen-bond donors (Lipinski definition) is 4. The van der Waals surface area contributed by atoms with Crippen molar-refractivity contribution in [3.05, 3.63) is 29.6 Å². The average molecular weight is 559 g/mol. The molecule has 0 bridgehead atoms. The summed E-state index contributed by atoms with van der Waals surface area (Å²) in [7, 11) is 0. The number of aliphatic imine (C=N–C) groups is 1. The molecule has 0 spiro atoms. The number of hydrogen-bond acceptors (Lipinski definition) is 4. The lowest BCUT2D eigenvalue weighted by Crippen LogP contribution is -2.39. The lowest BCUT2D eigenvalue weighted by molar-refractivity contribution is -0.114. The summed E-state index contributed by atoms with van der Waals surface area (Å²) in [5.41, 5.74) is -1.05. The number of nitrogens with one attached hydrogen (secondary N) is 4. The van der Waals surface area contributed by atoms with Gasteiger partial charge in [-0.15, -0.1) is 24.0 Å². The Bertz CT molecular complexity index is 773. The Morgan fingerprint density at radius 1 is 1.03 bits per heavy atom. The van der Waals surface area contributed by atoms with Crippen LogP contribution in [0.1, 0.15) is 34.1 Å². The Kier molecular flexibility index (Phi) is 12.9. The van der Waals surface area contributed by atoms with Crippen LogP contribution in [-0.2, 0) is 9.53 Å². The third-order valence-electron chi connectivity index (χ3n) is 3.35. The van der Waals surface area contributed by atoms with Crippen LogP contribution < -0.4 is 21.3 Å². The van der Waals surface area contributed by atoms with Gasteiger partial charge in [0.25, 0.3) is 0 Å². The Morgan fingerprint density at radius 2 is 1.68 bits per heavy atom. The second-order valence-corrected chi connectivity index (χ2v) is 7.18. The average Bonchev–Trinajstić information content (AvgIpc) is 2.64. The molecule has 0 aliphatic rings. The number of carbonyl (C=O) groups excluding carboxylic acids is 2. The summed E-state index contributed by atoms with van der Waals surface area (Å²) >= 11 is 0. The molecule has 4 N–H and O–H groups in total. The number of nitrogens with zero attached hydrogens (tertiary/aromatic N) is 1. The molecule has 31 heavy (non-hydrogen) atoms. The number of rotatable bonds is 8. The summed E-state index contributed by atoms with van der Waals surface area (Å²) in [6.07, 6.45) is 0.0554. The molecule has 0 fully saturated rings. The van der Waals surface area contributed by atoms with Crippen LogP contribution in [0.5, 0.6) is 0 Å². The lowest BCUT2D eigenvalue weighted by Gasteiger charge is -2.19. The zero-order valence-corrected chi connectivity index (χ0v) is 20.2. The zero-order valence-electron chi connectivity index (χ0n) is 17.9. The van der Waals surface area contributed by atoms with Crippen molar-refractivity contribution in [1.82, 2.24) is 16.0 Å². The third kappa shape index (κ3) is 11.6. The smallest absolute Gasteiger partial charge is 0.407 e. The minimum atomic E-state index is -1.66. The van der Waals surface area contributed by atoms with Crippen LogP contribution in [0.25, 0.3) is 0 Å². The Labute approximate surface area is 196 Å². The molecule has 2 amide bonds. The van der Waals surface area contributed by atoms with E-state index in [4.69, 9.17) is 4.74 Å². The second kappa shape index (κ2) is 13.9. The summed E-state index contributed by atoms with van der Waals surface area (Å²) < 4.78 is 44.9. The van der Waals surface area contributed by atoms with Gasteiger partial charge in [-0.3, -0.25) is 4.79 Å². The molecule has 0 heterocycles. The van der Waals surface area contributed by atoms with Gasteiger partial charge in [-0.1, -0.05) is 0 Å². The van der Waals surface area contributed by atoms with Crippen molar-refractivity contribution < 1.29 is 27.5 Å². The first-order chi connectivity index (χ1) is 14.0. The van der Waals surface area contributed by atoms with E-state index in [0.29, 0.717) is 38.1 Å². The first-order valence-electron chi connectivity index (χ1n) is 9.46. The maximum Gasteiger partial charge on any atom is 0.407 e. The van der Waals surface area contributed by atoms with E-state index in [9.17, 15) is 22.8 Å². The molecule has 0 aliphatic heterocycles. The van der Waals surface area contributed by atoms with Crippen molar-refractivity contribution in [1.29, 1.82) is 0 Å². The number of halogens is 4. The molecule has 0 radical (unpaired) electrons. The molecule has 0 aromatic heterocycles. The highest BCUT2D eigenvalue weighted by molar-refractivity contribution is 14.0. The first-order valence-corrected chi connectivity index (χ1v) is 9.46. The quantitative estimate of drug-likeness (QED) is 0.129. The monoisotopic (exact) mass is 559 g/mol. The normalized spacial score (nSPS) is 11.3. The molecule has 0 atom stereocenters. The van der Waals surface area contributed by atoms with Crippen LogP contribution in [0.4, 0.5) is 23.7 Å². The molecule has 0 aliphatic carbocycles. The van der Waals surface area contributed by atoms with E-state index in [1.54, 1.807) is 20.8 Å². The van der Waals surface area contributed by atoms with Gasteiger partial charge in [0, 0.05) is 19.6 Å². The Balaban J connectivity index is 0.00000900. The largest absolute Gasteiger partial charge is 0.444 e. The van der Waals surface area contributed by atoms with E-state index in [1.807, 2.05) is 6.92 Å². The van der Waals surface area contributed by atoms with Crippen LogP contribution >= 0.6 is 24.0 Å². The number of guanidine groups is 1. The molecule has 8 nitrogen and oxygen atoms in total. The van der Waals surface area contributed by atoms with Crippen molar-refractivity contribution in [2.45, 2.75) is 39.7 Å². The van der Waals surface area contributed by atoms with Crippen molar-refractivity contribution >= 4 is 47.6 Å². The maximum absolute atomic E-state index is 13.6. The van der Waals surface area contributed by atoms with Crippen LogP contribution in [-0.4, -0.2) is 49.7 Å². The maximum atomic E-state index is 13.6. The summed E-state index contributed by atoms with van der Waals surface area (Å²) in [4.78, 5) is 27.5. The Morgan fingerprint density at radius 3 is 2.29 bits per heavy atom. The van der Waals surface area contributed by atoms with Gasteiger partial charge in [-0.25, -0.2) is 23.0 Å². The molecule has 0 unspecified atom stereocenters. The summed E-state index contributed by atoms with van der Waals surface area (Å²) in [6.45, 7) is 8.11. The van der Waals surface area contributed by atoms with Gasteiger partial charge >= 0.3 is 6.09 Å². The van der Waals surface area contributed by atoms with Gasteiger partial charge < -0.3 is 26.0 Å². The first kappa shape index (κ1) is 28.8. The minimum absolute atomic E-state index is 0. The number of ether oxygens (including phenoxy) is 1. The fourth-order valence-corrected chi connectivity index (χ4v) is 2.10. The van der Waals surface area contributed by atoms with Gasteiger partial charge in [-0.05, 0) is 46.2 Å². The highest BCUT2D eigenvalue weighted by atomic mass is 127. The third-order valence-corrected chi connectivity index (χ3v) is 3.35. The van der Waals surface area contributed by atoms with E-state index >= 15 is 0 Å². The number of anilines is 1. The number of benzene rings is 1. The molecular weight excluding hydrogens is 530 g/mol. The lowest BCUT2D eigenvalue weighted by atomic mass is 10.2. The number of amides is 2. The summed E-state index contributed by atoms with van der Waals surface area (Å²) in [5, 5.41) is 10.7. The Hall–Kier alpha value is -2.25. The van der Waals surface area contributed by atoms with Crippen LogP contribution in [0.2, 0.25) is 0 Å². The van der Waals surface area contributed by atoms with Crippen molar-refractivity contribution in [3.63, 3.8) is 0 Å².